The van der Waals surface area contributed by atoms with Crippen LogP contribution in [0.15, 0.2) is 200 Å². The van der Waals surface area contributed by atoms with Gasteiger partial charge in [0.25, 0.3) is 0 Å². The summed E-state index contributed by atoms with van der Waals surface area (Å²) in [5.74, 6) is 1.50. The molecule has 0 saturated carbocycles. The molecular formula is C52H33N3S. The van der Waals surface area contributed by atoms with E-state index in [4.69, 9.17) is 9.97 Å². The van der Waals surface area contributed by atoms with Gasteiger partial charge in [0, 0.05) is 54.1 Å². The number of para-hydroxylation sites is 1. The third-order valence-corrected chi connectivity index (χ3v) is 12.0. The van der Waals surface area contributed by atoms with E-state index in [1.807, 2.05) is 23.5 Å². The van der Waals surface area contributed by atoms with Gasteiger partial charge in [-0.05, 0) is 46.0 Å². The van der Waals surface area contributed by atoms with Gasteiger partial charge in [0.2, 0.25) is 0 Å². The number of thiophene rings is 1. The Kier molecular flexibility index (Phi) is 7.68. The van der Waals surface area contributed by atoms with Crippen molar-refractivity contribution in [3.63, 3.8) is 0 Å². The molecule has 2 aromatic heterocycles. The number of nitrogens with zero attached hydrogens (tertiary/aromatic N) is 3. The topological polar surface area (TPSA) is 29.0 Å². The van der Waals surface area contributed by atoms with Gasteiger partial charge in [-0.1, -0.05) is 176 Å². The Hall–Kier alpha value is -7.14. The average molecular weight is 732 g/mol. The van der Waals surface area contributed by atoms with Gasteiger partial charge < -0.3 is 0 Å². The van der Waals surface area contributed by atoms with Crippen LogP contribution < -0.4 is 4.90 Å². The highest BCUT2D eigenvalue weighted by Crippen LogP contribution is 2.57. The molecule has 4 heteroatoms. The van der Waals surface area contributed by atoms with Crippen LogP contribution in [-0.2, 0) is 0 Å². The number of hydrogen-bond donors (Lipinski definition) is 0. The zero-order valence-electron chi connectivity index (χ0n) is 30.3. The molecule has 3 nitrogen and oxygen atoms in total. The van der Waals surface area contributed by atoms with Gasteiger partial charge >= 0.3 is 0 Å². The van der Waals surface area contributed by atoms with Gasteiger partial charge in [-0.25, -0.2) is 9.97 Å². The Morgan fingerprint density at radius 1 is 0.393 bits per heavy atom. The van der Waals surface area contributed by atoms with Crippen molar-refractivity contribution in [2.45, 2.75) is 0 Å². The molecule has 0 atom stereocenters. The van der Waals surface area contributed by atoms with Crippen molar-refractivity contribution in [2.75, 3.05) is 4.90 Å². The smallest absolute Gasteiger partial charge is 0.162 e. The highest BCUT2D eigenvalue weighted by atomic mass is 32.1. The van der Waals surface area contributed by atoms with E-state index in [1.54, 1.807) is 0 Å². The van der Waals surface area contributed by atoms with Crippen molar-refractivity contribution >= 4 is 48.7 Å². The van der Waals surface area contributed by atoms with E-state index in [2.05, 4.69) is 193 Å². The van der Waals surface area contributed by atoms with Crippen LogP contribution in [0.4, 0.5) is 17.2 Å². The highest BCUT2D eigenvalue weighted by Gasteiger charge is 2.32. The van der Waals surface area contributed by atoms with E-state index < -0.39 is 0 Å². The summed E-state index contributed by atoms with van der Waals surface area (Å²) in [4.78, 5) is 13.1. The van der Waals surface area contributed by atoms with Gasteiger partial charge in [0.1, 0.15) is 5.82 Å². The van der Waals surface area contributed by atoms with E-state index in [0.717, 1.165) is 45.1 Å². The van der Waals surface area contributed by atoms with Crippen LogP contribution in [0.25, 0.3) is 87.3 Å². The molecule has 0 unspecified atom stereocenters. The maximum absolute atomic E-state index is 5.46. The molecule has 262 valence electrons. The van der Waals surface area contributed by atoms with E-state index in [0.29, 0.717) is 5.82 Å². The molecule has 0 bridgehead atoms. The fourth-order valence-electron chi connectivity index (χ4n) is 8.24. The van der Waals surface area contributed by atoms with E-state index >= 15 is 0 Å². The quantitative estimate of drug-likeness (QED) is 0.176. The number of rotatable bonds is 5. The lowest BCUT2D eigenvalue weighted by atomic mass is 9.90. The summed E-state index contributed by atoms with van der Waals surface area (Å²) in [5, 5.41) is 2.45. The van der Waals surface area contributed by atoms with E-state index in [9.17, 15) is 0 Å². The SMILES string of the molecule is c1ccc(-c2ccc(-c3cc4c(c5c3sc3ccccc35)N(c3cc(-c5ccccc5)nc(-c5ccccc5)n3)c3ccccc3-c3ccccc3-4)cc2)cc1. The van der Waals surface area contributed by atoms with Gasteiger partial charge in [0.15, 0.2) is 5.82 Å². The molecule has 3 heterocycles. The average Bonchev–Trinajstić information content (AvgIpc) is 3.62. The highest BCUT2D eigenvalue weighted by molar-refractivity contribution is 7.26. The molecule has 11 rings (SSSR count). The minimum absolute atomic E-state index is 0.685. The third-order valence-electron chi connectivity index (χ3n) is 10.8. The summed E-state index contributed by atoms with van der Waals surface area (Å²) in [6.07, 6.45) is 0. The van der Waals surface area contributed by atoms with Crippen LogP contribution in [0.3, 0.4) is 0 Å². The minimum atomic E-state index is 0.685. The Morgan fingerprint density at radius 2 is 0.946 bits per heavy atom. The van der Waals surface area contributed by atoms with Crippen molar-refractivity contribution in [1.82, 2.24) is 9.97 Å². The normalized spacial score (nSPS) is 11.9. The van der Waals surface area contributed by atoms with Crippen LogP contribution >= 0.6 is 11.3 Å². The van der Waals surface area contributed by atoms with Crippen LogP contribution in [0.1, 0.15) is 0 Å². The van der Waals surface area contributed by atoms with Crippen molar-refractivity contribution in [2.24, 2.45) is 0 Å². The van der Waals surface area contributed by atoms with Crippen molar-refractivity contribution < 1.29 is 0 Å². The minimum Gasteiger partial charge on any atom is -0.293 e. The summed E-state index contributed by atoms with van der Waals surface area (Å²) >= 11 is 1.86. The molecule has 56 heavy (non-hydrogen) atoms. The predicted octanol–water partition coefficient (Wildman–Crippen LogP) is 14.6. The van der Waals surface area contributed by atoms with E-state index in [-0.39, 0.29) is 0 Å². The Balaban J connectivity index is 1.26. The molecule has 0 amide bonds. The maximum atomic E-state index is 5.46. The predicted molar refractivity (Wildman–Crippen MR) is 236 cm³/mol. The van der Waals surface area contributed by atoms with Crippen LogP contribution in [0.5, 0.6) is 0 Å². The number of hydrogen-bond acceptors (Lipinski definition) is 4. The molecule has 10 aromatic rings. The van der Waals surface area contributed by atoms with Crippen molar-refractivity contribution in [1.29, 1.82) is 0 Å². The molecule has 0 aliphatic carbocycles. The summed E-state index contributed by atoms with van der Waals surface area (Å²) in [6.45, 7) is 0. The zero-order valence-corrected chi connectivity index (χ0v) is 31.1. The lowest BCUT2D eigenvalue weighted by molar-refractivity contribution is 1.13. The second-order valence-corrected chi connectivity index (χ2v) is 15.2. The molecule has 0 saturated heterocycles. The first-order valence-corrected chi connectivity index (χ1v) is 19.7. The molecule has 1 aliphatic heterocycles. The summed E-state index contributed by atoms with van der Waals surface area (Å²) < 4.78 is 2.50. The van der Waals surface area contributed by atoms with Crippen molar-refractivity contribution in [3.05, 3.63) is 200 Å². The second-order valence-electron chi connectivity index (χ2n) is 14.1. The van der Waals surface area contributed by atoms with Gasteiger partial charge in [-0.3, -0.25) is 4.90 Å². The zero-order chi connectivity index (χ0) is 37.0. The molecule has 8 aromatic carbocycles. The lowest BCUT2D eigenvalue weighted by Gasteiger charge is -2.28. The van der Waals surface area contributed by atoms with Gasteiger partial charge in [-0.2, -0.15) is 0 Å². The molecule has 0 fully saturated rings. The largest absolute Gasteiger partial charge is 0.293 e. The monoisotopic (exact) mass is 731 g/mol. The van der Waals surface area contributed by atoms with Crippen LogP contribution in [-0.4, -0.2) is 9.97 Å². The number of fused-ring (bicyclic) bond motifs is 9. The molecule has 1 aliphatic rings. The summed E-state index contributed by atoms with van der Waals surface area (Å²) in [5.41, 5.74) is 14.6. The van der Waals surface area contributed by atoms with E-state index in [1.165, 1.54) is 53.6 Å². The third kappa shape index (κ3) is 5.34. The van der Waals surface area contributed by atoms with Gasteiger partial charge in [-0.15, -0.1) is 11.3 Å². The van der Waals surface area contributed by atoms with Gasteiger partial charge in [0.05, 0.1) is 17.1 Å². The molecule has 0 N–H and O–H groups in total. The Morgan fingerprint density at radius 3 is 1.68 bits per heavy atom. The number of benzene rings is 8. The van der Waals surface area contributed by atoms with Crippen LogP contribution in [0, 0.1) is 0 Å². The fourth-order valence-corrected chi connectivity index (χ4v) is 9.48. The molecular weight excluding hydrogens is 699 g/mol. The lowest BCUT2D eigenvalue weighted by Crippen LogP contribution is -2.14. The first-order chi connectivity index (χ1) is 27.8. The second kappa shape index (κ2) is 13.3. The molecule has 0 spiro atoms. The Labute approximate surface area is 329 Å². The summed E-state index contributed by atoms with van der Waals surface area (Å²) in [7, 11) is 0. The van der Waals surface area contributed by atoms with Crippen molar-refractivity contribution in [3.8, 4) is 67.2 Å². The first kappa shape index (κ1) is 32.3. The van der Waals surface area contributed by atoms with Crippen LogP contribution in [0.2, 0.25) is 0 Å². The fraction of sp³-hybridized carbons (Fsp3) is 0. The maximum Gasteiger partial charge on any atom is 0.162 e. The standard InChI is InChI=1S/C52H33N3S/c1-4-16-34(17-5-1)35-28-30-36(31-29-35)43-32-44-40-23-11-10-22-39(40)41-24-12-14-26-46(41)55(50(44)49-42-25-13-15-27-47(42)56-51(43)49)48-33-45(37-18-6-2-7-19-37)53-52(54-48)38-20-8-3-9-21-38/h1-33H. The number of aromatic nitrogens is 2. The number of anilines is 3. The summed E-state index contributed by atoms with van der Waals surface area (Å²) in [6, 6.07) is 71.5. The first-order valence-electron chi connectivity index (χ1n) is 18.9. The Bertz CT molecular complexity index is 3000. The molecule has 0 radical (unpaired) electrons.